The second-order valence-corrected chi connectivity index (χ2v) is 4.87. The van der Waals surface area contributed by atoms with Gasteiger partial charge >= 0.3 is 6.09 Å². The fraction of sp³-hybridized carbons (Fsp3) is 0.0714. The number of aromatic nitrogens is 1. The monoisotopic (exact) mass is 339 g/mol. The number of carbonyl (C=O) groups excluding carboxylic acids is 2. The predicted octanol–water partition coefficient (Wildman–Crippen LogP) is 3.82. The molecule has 2 aromatic rings. The summed E-state index contributed by atoms with van der Waals surface area (Å²) >= 11 is 11.6. The summed E-state index contributed by atoms with van der Waals surface area (Å²) in [6.45, 7) is 0. The first-order valence-electron chi connectivity index (χ1n) is 6.08. The third-order valence-electron chi connectivity index (χ3n) is 2.63. The summed E-state index contributed by atoms with van der Waals surface area (Å²) < 4.78 is 4.48. The van der Waals surface area contributed by atoms with Gasteiger partial charge in [-0.3, -0.25) is 10.1 Å². The van der Waals surface area contributed by atoms with Crippen LogP contribution in [0.25, 0.3) is 0 Å². The average molecular weight is 340 g/mol. The lowest BCUT2D eigenvalue weighted by Crippen LogP contribution is -2.13. The van der Waals surface area contributed by atoms with E-state index in [1.54, 1.807) is 24.3 Å². The van der Waals surface area contributed by atoms with Crippen LogP contribution in [0.3, 0.4) is 0 Å². The van der Waals surface area contributed by atoms with Gasteiger partial charge in [0.25, 0.3) is 5.91 Å². The normalized spacial score (nSPS) is 9.95. The lowest BCUT2D eigenvalue weighted by atomic mass is 10.2. The van der Waals surface area contributed by atoms with Crippen LogP contribution in [0.4, 0.5) is 16.2 Å². The molecule has 22 heavy (non-hydrogen) atoms. The van der Waals surface area contributed by atoms with E-state index < -0.39 is 12.0 Å². The maximum atomic E-state index is 12.1. The molecule has 0 aliphatic carbocycles. The maximum absolute atomic E-state index is 12.1. The van der Waals surface area contributed by atoms with Gasteiger partial charge in [-0.15, -0.1) is 0 Å². The van der Waals surface area contributed by atoms with Gasteiger partial charge < -0.3 is 10.1 Å². The van der Waals surface area contributed by atoms with Crippen LogP contribution in [0.5, 0.6) is 0 Å². The molecule has 0 saturated heterocycles. The van der Waals surface area contributed by atoms with E-state index in [0.717, 1.165) is 0 Å². The third kappa shape index (κ3) is 4.09. The van der Waals surface area contributed by atoms with Crippen molar-refractivity contribution in [1.29, 1.82) is 0 Å². The summed E-state index contributed by atoms with van der Waals surface area (Å²) in [6.07, 6.45) is -0.573. The SMILES string of the molecule is COC(=O)Nc1ccc(NC(=O)c2ccc(Cl)nc2Cl)cc1. The number of nitrogens with zero attached hydrogens (tertiary/aromatic N) is 1. The van der Waals surface area contributed by atoms with Gasteiger partial charge in [-0.25, -0.2) is 9.78 Å². The van der Waals surface area contributed by atoms with Crippen molar-refractivity contribution in [3.63, 3.8) is 0 Å². The summed E-state index contributed by atoms with van der Waals surface area (Å²) in [5, 5.41) is 5.39. The molecule has 1 aromatic heterocycles. The van der Waals surface area contributed by atoms with Gasteiger partial charge in [0.05, 0.1) is 12.7 Å². The zero-order valence-corrected chi connectivity index (χ0v) is 12.9. The molecule has 0 unspecified atom stereocenters. The Morgan fingerprint density at radius 3 is 2.14 bits per heavy atom. The highest BCUT2D eigenvalue weighted by atomic mass is 35.5. The molecule has 0 fully saturated rings. The highest BCUT2D eigenvalue weighted by Crippen LogP contribution is 2.19. The molecule has 6 nitrogen and oxygen atoms in total. The Morgan fingerprint density at radius 2 is 1.59 bits per heavy atom. The summed E-state index contributed by atoms with van der Waals surface area (Å²) in [5.74, 6) is -0.414. The third-order valence-corrected chi connectivity index (χ3v) is 3.13. The lowest BCUT2D eigenvalue weighted by molar-refractivity contribution is 0.102. The molecule has 0 saturated carbocycles. The van der Waals surface area contributed by atoms with Gasteiger partial charge in [0.2, 0.25) is 0 Å². The van der Waals surface area contributed by atoms with Gasteiger partial charge in [-0.05, 0) is 36.4 Å². The standard InChI is InChI=1S/C14H11Cl2N3O3/c1-22-14(21)18-9-4-2-8(3-5-9)17-13(20)10-6-7-11(15)19-12(10)16/h2-7H,1H3,(H,17,20)(H,18,21). The number of carbonyl (C=O) groups is 2. The number of rotatable bonds is 3. The highest BCUT2D eigenvalue weighted by molar-refractivity contribution is 6.35. The number of amides is 2. The quantitative estimate of drug-likeness (QED) is 0.833. The second-order valence-electron chi connectivity index (χ2n) is 4.12. The molecule has 8 heteroatoms. The zero-order chi connectivity index (χ0) is 16.1. The van der Waals surface area contributed by atoms with Crippen molar-refractivity contribution < 1.29 is 14.3 Å². The first-order chi connectivity index (χ1) is 10.5. The predicted molar refractivity (Wildman–Crippen MR) is 84.7 cm³/mol. The number of benzene rings is 1. The second kappa shape index (κ2) is 7.11. The van der Waals surface area contributed by atoms with Crippen molar-refractivity contribution in [2.24, 2.45) is 0 Å². The number of hydrogen-bond acceptors (Lipinski definition) is 4. The minimum atomic E-state index is -0.573. The molecule has 0 bridgehead atoms. The first kappa shape index (κ1) is 16.1. The summed E-state index contributed by atoms with van der Waals surface area (Å²) in [6, 6.07) is 9.45. The largest absolute Gasteiger partial charge is 0.453 e. The average Bonchev–Trinajstić information content (AvgIpc) is 2.49. The molecule has 114 valence electrons. The molecule has 0 spiro atoms. The molecule has 0 aliphatic heterocycles. The Morgan fingerprint density at radius 1 is 1.00 bits per heavy atom. The van der Waals surface area contributed by atoms with Crippen LogP contribution in [0.1, 0.15) is 10.4 Å². The fourth-order valence-electron chi connectivity index (χ4n) is 1.59. The Balaban J connectivity index is 2.07. The molecule has 1 heterocycles. The topological polar surface area (TPSA) is 80.3 Å². The number of methoxy groups -OCH3 is 1. The van der Waals surface area contributed by atoms with Crippen molar-refractivity contribution in [3.8, 4) is 0 Å². The van der Waals surface area contributed by atoms with Crippen LogP contribution in [0, 0.1) is 0 Å². The van der Waals surface area contributed by atoms with E-state index in [-0.39, 0.29) is 15.9 Å². The Labute approximate surface area is 136 Å². The van der Waals surface area contributed by atoms with Gasteiger partial charge in [-0.2, -0.15) is 0 Å². The van der Waals surface area contributed by atoms with Crippen LogP contribution in [-0.2, 0) is 4.74 Å². The van der Waals surface area contributed by atoms with Crippen LogP contribution >= 0.6 is 23.2 Å². The van der Waals surface area contributed by atoms with E-state index in [1.165, 1.54) is 19.2 Å². The minimum Gasteiger partial charge on any atom is -0.453 e. The van der Waals surface area contributed by atoms with Gasteiger partial charge in [0, 0.05) is 11.4 Å². The van der Waals surface area contributed by atoms with Crippen molar-refractivity contribution in [3.05, 3.63) is 52.3 Å². The number of nitrogens with one attached hydrogen (secondary N) is 2. The lowest BCUT2D eigenvalue weighted by Gasteiger charge is -2.08. The Bertz CT molecular complexity index is 705. The molecule has 2 amide bonds. The maximum Gasteiger partial charge on any atom is 0.411 e. The van der Waals surface area contributed by atoms with Crippen LogP contribution in [-0.4, -0.2) is 24.1 Å². The molecular formula is C14H11Cl2N3O3. The molecular weight excluding hydrogens is 329 g/mol. The summed E-state index contributed by atoms with van der Waals surface area (Å²) in [7, 11) is 1.27. The number of halogens is 2. The van der Waals surface area contributed by atoms with E-state index in [2.05, 4.69) is 20.4 Å². The number of pyridine rings is 1. The van der Waals surface area contributed by atoms with Crippen LogP contribution < -0.4 is 10.6 Å². The zero-order valence-electron chi connectivity index (χ0n) is 11.4. The van der Waals surface area contributed by atoms with Crippen molar-refractivity contribution in [2.45, 2.75) is 0 Å². The molecule has 2 N–H and O–H groups in total. The molecule has 2 rings (SSSR count). The van der Waals surface area contributed by atoms with Crippen LogP contribution in [0.2, 0.25) is 10.3 Å². The van der Waals surface area contributed by atoms with E-state index in [0.29, 0.717) is 11.4 Å². The van der Waals surface area contributed by atoms with Gasteiger partial charge in [-0.1, -0.05) is 23.2 Å². The van der Waals surface area contributed by atoms with Crippen molar-refractivity contribution >= 4 is 46.6 Å². The van der Waals surface area contributed by atoms with Crippen molar-refractivity contribution in [2.75, 3.05) is 17.7 Å². The molecule has 0 atom stereocenters. The molecule has 0 radical (unpaired) electrons. The van der Waals surface area contributed by atoms with E-state index >= 15 is 0 Å². The summed E-state index contributed by atoms with van der Waals surface area (Å²) in [5.41, 5.74) is 1.28. The first-order valence-corrected chi connectivity index (χ1v) is 6.83. The number of ether oxygens (including phenoxy) is 1. The number of anilines is 2. The molecule has 0 aliphatic rings. The smallest absolute Gasteiger partial charge is 0.411 e. The van der Waals surface area contributed by atoms with E-state index in [4.69, 9.17) is 23.2 Å². The highest BCUT2D eigenvalue weighted by Gasteiger charge is 2.12. The number of hydrogen-bond donors (Lipinski definition) is 2. The van der Waals surface area contributed by atoms with E-state index in [9.17, 15) is 9.59 Å². The van der Waals surface area contributed by atoms with Gasteiger partial charge in [0.1, 0.15) is 10.3 Å². The Hall–Kier alpha value is -2.31. The fourth-order valence-corrected chi connectivity index (χ4v) is 2.02. The molecule has 1 aromatic carbocycles. The van der Waals surface area contributed by atoms with Crippen molar-refractivity contribution in [1.82, 2.24) is 4.98 Å². The van der Waals surface area contributed by atoms with E-state index in [1.807, 2.05) is 0 Å². The Kier molecular flexibility index (Phi) is 5.19. The minimum absolute atomic E-state index is 0.0222. The van der Waals surface area contributed by atoms with Crippen LogP contribution in [0.15, 0.2) is 36.4 Å². The van der Waals surface area contributed by atoms with Gasteiger partial charge in [0.15, 0.2) is 0 Å². The summed E-state index contributed by atoms with van der Waals surface area (Å²) in [4.78, 5) is 26.9.